The van der Waals surface area contributed by atoms with Crippen molar-refractivity contribution in [1.82, 2.24) is 9.88 Å². The Morgan fingerprint density at radius 3 is 2.63 bits per heavy atom. The van der Waals surface area contributed by atoms with Gasteiger partial charge >= 0.3 is 0 Å². The Morgan fingerprint density at radius 1 is 1.07 bits per heavy atom. The van der Waals surface area contributed by atoms with Crippen molar-refractivity contribution in [3.8, 4) is 16.9 Å². The van der Waals surface area contributed by atoms with Crippen molar-refractivity contribution < 1.29 is 4.74 Å². The minimum absolute atomic E-state index is 0.572. The second kappa shape index (κ2) is 8.49. The lowest BCUT2D eigenvalue weighted by Crippen LogP contribution is -2.30. The molecule has 0 spiro atoms. The molecule has 4 rings (SSSR count). The number of hydrogen-bond acceptors (Lipinski definition) is 3. The molecule has 0 unspecified atom stereocenters. The predicted octanol–water partition coefficient (Wildman–Crippen LogP) is 5.32. The third-order valence-electron chi connectivity index (χ3n) is 5.68. The number of benzene rings is 2. The van der Waals surface area contributed by atoms with E-state index in [0.29, 0.717) is 5.84 Å². The molecule has 5 heteroatoms. The number of hydrogen-bond donors (Lipinski definition) is 3. The molecular formula is C25H28N4O. The highest BCUT2D eigenvalue weighted by molar-refractivity contribution is 5.99. The minimum atomic E-state index is 0.572. The van der Waals surface area contributed by atoms with Crippen molar-refractivity contribution in [2.45, 2.75) is 13.8 Å². The molecule has 3 aromatic rings. The molecule has 1 aromatic heterocycles. The third-order valence-corrected chi connectivity index (χ3v) is 5.68. The largest absolute Gasteiger partial charge is 0.496 e. The van der Waals surface area contributed by atoms with Crippen molar-refractivity contribution in [1.29, 1.82) is 5.41 Å². The van der Waals surface area contributed by atoms with Crippen molar-refractivity contribution in [2.24, 2.45) is 0 Å². The van der Waals surface area contributed by atoms with Gasteiger partial charge in [0.1, 0.15) is 17.4 Å². The number of methoxy groups -OCH3 is 1. The highest BCUT2D eigenvalue weighted by Gasteiger charge is 2.19. The molecule has 0 saturated carbocycles. The second-order valence-corrected chi connectivity index (χ2v) is 7.32. The number of para-hydroxylation sites is 1. The number of H-pyrrole nitrogens is 1. The normalized spacial score (nSPS) is 12.6. The Hall–Kier alpha value is -3.47. The minimum Gasteiger partial charge on any atom is -0.496 e. The van der Waals surface area contributed by atoms with Crippen molar-refractivity contribution in [3.63, 3.8) is 0 Å². The average molecular weight is 401 g/mol. The van der Waals surface area contributed by atoms with Gasteiger partial charge < -0.3 is 19.9 Å². The van der Waals surface area contributed by atoms with Crippen molar-refractivity contribution in [2.75, 3.05) is 32.1 Å². The molecule has 154 valence electrons. The van der Waals surface area contributed by atoms with E-state index in [4.69, 9.17) is 10.1 Å². The number of ether oxygens (including phenoxy) is 1. The van der Waals surface area contributed by atoms with Crippen LogP contribution < -0.4 is 10.1 Å². The summed E-state index contributed by atoms with van der Waals surface area (Å²) in [6.07, 6.45) is 4.27. The highest BCUT2D eigenvalue weighted by Crippen LogP contribution is 2.39. The van der Waals surface area contributed by atoms with Crippen LogP contribution in [0.3, 0.4) is 0 Å². The molecule has 0 saturated heterocycles. The maximum absolute atomic E-state index is 8.55. The summed E-state index contributed by atoms with van der Waals surface area (Å²) in [5.74, 6) is 2.45. The molecule has 1 aliphatic heterocycles. The number of amidine groups is 1. The molecule has 3 N–H and O–H groups in total. The first-order valence-corrected chi connectivity index (χ1v) is 10.4. The van der Waals surface area contributed by atoms with Crippen LogP contribution >= 0.6 is 0 Å². The third kappa shape index (κ3) is 3.59. The Labute approximate surface area is 177 Å². The molecule has 2 heterocycles. The number of nitrogens with one attached hydrogen (secondary N) is 3. The van der Waals surface area contributed by atoms with E-state index in [2.05, 4.69) is 53.3 Å². The molecule has 2 aromatic carbocycles. The Morgan fingerprint density at radius 2 is 1.87 bits per heavy atom. The van der Waals surface area contributed by atoms with Crippen LogP contribution in [0.5, 0.6) is 5.75 Å². The smallest absolute Gasteiger partial charge is 0.128 e. The Balaban J connectivity index is 1.72. The fourth-order valence-corrected chi connectivity index (χ4v) is 4.00. The van der Waals surface area contributed by atoms with Gasteiger partial charge in [-0.3, -0.25) is 5.41 Å². The summed E-state index contributed by atoms with van der Waals surface area (Å²) in [7, 11) is 1.70. The first-order valence-electron chi connectivity index (χ1n) is 10.4. The van der Waals surface area contributed by atoms with Crippen LogP contribution in [-0.2, 0) is 0 Å². The monoisotopic (exact) mass is 400 g/mol. The predicted molar refractivity (Wildman–Crippen MR) is 125 cm³/mol. The maximum atomic E-state index is 8.55. The molecule has 1 aliphatic rings. The summed E-state index contributed by atoms with van der Waals surface area (Å²) in [6, 6.07) is 16.4. The first-order chi connectivity index (χ1) is 14.7. The lowest BCUT2D eigenvalue weighted by molar-refractivity contribution is 0.416. The number of fused-ring (bicyclic) bond motifs is 1. The second-order valence-electron chi connectivity index (χ2n) is 7.32. The van der Waals surface area contributed by atoms with Crippen LogP contribution in [0.25, 0.3) is 22.8 Å². The summed E-state index contributed by atoms with van der Waals surface area (Å²) in [4.78, 5) is 5.42. The van der Waals surface area contributed by atoms with Gasteiger partial charge in [0.25, 0.3) is 0 Å². The van der Waals surface area contributed by atoms with Crippen LogP contribution in [-0.4, -0.2) is 42.5 Å². The Kier molecular flexibility index (Phi) is 5.61. The summed E-state index contributed by atoms with van der Waals surface area (Å²) in [5.41, 5.74) is 6.59. The number of aromatic nitrogens is 1. The fraction of sp³-hybridized carbons (Fsp3) is 0.240. The molecule has 0 aliphatic carbocycles. The number of aromatic amines is 1. The average Bonchev–Trinajstić information content (AvgIpc) is 3.23. The summed E-state index contributed by atoms with van der Waals surface area (Å²) >= 11 is 0. The molecule has 0 fully saturated rings. The number of rotatable bonds is 6. The molecular weight excluding hydrogens is 372 g/mol. The van der Waals surface area contributed by atoms with Gasteiger partial charge in [-0.1, -0.05) is 36.4 Å². The zero-order valence-electron chi connectivity index (χ0n) is 17.8. The van der Waals surface area contributed by atoms with Gasteiger partial charge in [-0.15, -0.1) is 0 Å². The van der Waals surface area contributed by atoms with E-state index in [1.165, 1.54) is 5.57 Å². The van der Waals surface area contributed by atoms with Crippen LogP contribution in [0.4, 0.5) is 5.82 Å². The number of nitrogens with zero attached hydrogens (tertiary/aromatic N) is 1. The highest BCUT2D eigenvalue weighted by atomic mass is 16.5. The van der Waals surface area contributed by atoms with E-state index >= 15 is 0 Å². The van der Waals surface area contributed by atoms with Crippen LogP contribution in [0, 0.1) is 5.41 Å². The molecule has 0 radical (unpaired) electrons. The standard InChI is InChI=1S/C25H28N4O/c1-4-29(5-2)24(26)18-10-8-9-17(13-18)19-14-21-22(16-28-25(21)27-15-19)20-11-6-7-12-23(20)30-3/h6-14,16,26-28H,4-5,15H2,1-3H3. The molecule has 5 nitrogen and oxygen atoms in total. The van der Waals surface area contributed by atoms with Gasteiger partial charge in [0, 0.05) is 48.1 Å². The van der Waals surface area contributed by atoms with Gasteiger partial charge in [-0.05, 0) is 43.2 Å². The molecule has 30 heavy (non-hydrogen) atoms. The van der Waals surface area contributed by atoms with Crippen LogP contribution in [0.1, 0.15) is 30.5 Å². The van der Waals surface area contributed by atoms with E-state index in [1.54, 1.807) is 7.11 Å². The lowest BCUT2D eigenvalue weighted by Gasteiger charge is -2.23. The van der Waals surface area contributed by atoms with Gasteiger partial charge in [-0.2, -0.15) is 0 Å². The summed E-state index contributed by atoms with van der Waals surface area (Å²) in [6.45, 7) is 6.57. The van der Waals surface area contributed by atoms with E-state index in [9.17, 15) is 0 Å². The quantitative estimate of drug-likeness (QED) is 0.387. The van der Waals surface area contributed by atoms with E-state index < -0.39 is 0 Å². The van der Waals surface area contributed by atoms with Crippen LogP contribution in [0.2, 0.25) is 0 Å². The van der Waals surface area contributed by atoms with Crippen molar-refractivity contribution >= 4 is 23.3 Å². The lowest BCUT2D eigenvalue weighted by atomic mass is 9.95. The van der Waals surface area contributed by atoms with Gasteiger partial charge in [0.05, 0.1) is 7.11 Å². The topological polar surface area (TPSA) is 64.1 Å². The number of anilines is 1. The molecule has 0 atom stereocenters. The van der Waals surface area contributed by atoms with Gasteiger partial charge in [0.2, 0.25) is 0 Å². The zero-order valence-corrected chi connectivity index (χ0v) is 17.8. The van der Waals surface area contributed by atoms with E-state index in [1.807, 2.05) is 36.5 Å². The summed E-state index contributed by atoms with van der Waals surface area (Å²) in [5, 5.41) is 12.1. The van der Waals surface area contributed by atoms with E-state index in [-0.39, 0.29) is 0 Å². The van der Waals surface area contributed by atoms with E-state index in [0.717, 1.165) is 59.0 Å². The maximum Gasteiger partial charge on any atom is 0.128 e. The molecule has 0 amide bonds. The van der Waals surface area contributed by atoms with Crippen molar-refractivity contribution in [3.05, 3.63) is 71.4 Å². The Bertz CT molecular complexity index is 1090. The summed E-state index contributed by atoms with van der Waals surface area (Å²) < 4.78 is 5.57. The zero-order chi connectivity index (χ0) is 21.1. The van der Waals surface area contributed by atoms with Gasteiger partial charge in [0.15, 0.2) is 0 Å². The molecule has 0 bridgehead atoms. The van der Waals surface area contributed by atoms with Gasteiger partial charge in [-0.25, -0.2) is 0 Å². The first kappa shape index (κ1) is 19.8. The SMILES string of the molecule is CCN(CC)C(=N)c1cccc(C2=Cc3c(-c4ccccc4OC)c[nH]c3NC2)c1. The fourth-order valence-electron chi connectivity index (χ4n) is 4.00. The van der Waals surface area contributed by atoms with Crippen LogP contribution in [0.15, 0.2) is 54.7 Å².